The minimum absolute atomic E-state index is 0.562. The van der Waals surface area contributed by atoms with Gasteiger partial charge in [0.1, 0.15) is 11.5 Å². The van der Waals surface area contributed by atoms with Crippen LogP contribution in [0.1, 0.15) is 41.1 Å². The molecule has 1 aliphatic heterocycles. The maximum absolute atomic E-state index is 5.67. The molecule has 2 aromatic carbocycles. The van der Waals surface area contributed by atoms with Crippen molar-refractivity contribution in [2.24, 2.45) is 0 Å². The van der Waals surface area contributed by atoms with Crippen molar-refractivity contribution < 1.29 is 4.42 Å². The van der Waals surface area contributed by atoms with Crippen LogP contribution in [0.25, 0.3) is 11.6 Å². The molecule has 3 nitrogen and oxygen atoms in total. The lowest BCUT2D eigenvalue weighted by Crippen LogP contribution is -2.42. The maximum Gasteiger partial charge on any atom is 0.117 e. The van der Waals surface area contributed by atoms with Gasteiger partial charge in [-0.1, -0.05) is 42.5 Å². The second kappa shape index (κ2) is 7.92. The maximum atomic E-state index is 5.67. The normalized spacial score (nSPS) is 16.7. The molecule has 29 heavy (non-hydrogen) atoms. The van der Waals surface area contributed by atoms with Crippen LogP contribution in [0.5, 0.6) is 0 Å². The smallest absolute Gasteiger partial charge is 0.117 e. The highest BCUT2D eigenvalue weighted by atomic mass is 16.3. The molecular weight excluding hydrogens is 356 g/mol. The minimum atomic E-state index is 0.562. The SMILES string of the molecule is Cc1ccc(CNC2CCN(c3cccc(C4=Cc5ccccc5C4)c3)CC2)o1. The Morgan fingerprint density at radius 2 is 1.86 bits per heavy atom. The summed E-state index contributed by atoms with van der Waals surface area (Å²) < 4.78 is 5.67. The highest BCUT2D eigenvalue weighted by Crippen LogP contribution is 2.33. The number of rotatable bonds is 5. The Hall–Kier alpha value is -2.78. The van der Waals surface area contributed by atoms with Gasteiger partial charge in [-0.3, -0.25) is 0 Å². The molecule has 1 saturated heterocycles. The van der Waals surface area contributed by atoms with E-state index in [4.69, 9.17) is 4.42 Å². The second-order valence-electron chi connectivity index (χ2n) is 8.25. The van der Waals surface area contributed by atoms with Gasteiger partial charge in [-0.25, -0.2) is 0 Å². The van der Waals surface area contributed by atoms with Gasteiger partial charge in [0.05, 0.1) is 6.54 Å². The van der Waals surface area contributed by atoms with Crippen molar-refractivity contribution >= 4 is 17.3 Å². The molecule has 5 rings (SSSR count). The van der Waals surface area contributed by atoms with Gasteiger partial charge in [-0.05, 0) is 72.7 Å². The van der Waals surface area contributed by atoms with Crippen LogP contribution in [0.15, 0.2) is 65.1 Å². The predicted octanol–water partition coefficient (Wildman–Crippen LogP) is 5.44. The molecule has 0 atom stereocenters. The third kappa shape index (κ3) is 4.01. The first-order valence-electron chi connectivity index (χ1n) is 10.7. The van der Waals surface area contributed by atoms with Gasteiger partial charge >= 0.3 is 0 Å². The number of aryl methyl sites for hydroxylation is 1. The molecule has 0 spiro atoms. The average molecular weight is 385 g/mol. The van der Waals surface area contributed by atoms with Gasteiger partial charge in [0.15, 0.2) is 0 Å². The molecule has 0 unspecified atom stereocenters. The summed E-state index contributed by atoms with van der Waals surface area (Å²) in [6.45, 7) is 5.01. The highest BCUT2D eigenvalue weighted by molar-refractivity contribution is 5.89. The Bertz CT molecular complexity index is 1020. The van der Waals surface area contributed by atoms with Crippen molar-refractivity contribution in [3.05, 3.63) is 88.9 Å². The number of piperidine rings is 1. The first-order chi connectivity index (χ1) is 14.2. The van der Waals surface area contributed by atoms with E-state index in [9.17, 15) is 0 Å². The van der Waals surface area contributed by atoms with E-state index in [0.717, 1.165) is 50.4 Å². The van der Waals surface area contributed by atoms with E-state index in [0.29, 0.717) is 6.04 Å². The summed E-state index contributed by atoms with van der Waals surface area (Å²) in [5.41, 5.74) is 6.93. The van der Waals surface area contributed by atoms with E-state index >= 15 is 0 Å². The Labute approximate surface area is 173 Å². The summed E-state index contributed by atoms with van der Waals surface area (Å²) in [4.78, 5) is 2.53. The number of allylic oxidation sites excluding steroid dienone is 1. The standard InChI is InChI=1S/C26H28N2O/c1-19-9-10-26(29-19)18-27-24-11-13-28(14-12-24)25-8-4-7-22(17-25)23-15-20-5-2-3-6-21(20)16-23/h2-10,15,17,24,27H,11-14,16,18H2,1H3. The zero-order valence-corrected chi connectivity index (χ0v) is 17.0. The van der Waals surface area contributed by atoms with Crippen LogP contribution in [0.2, 0.25) is 0 Å². The van der Waals surface area contributed by atoms with Crippen molar-refractivity contribution in [3.63, 3.8) is 0 Å². The predicted molar refractivity (Wildman–Crippen MR) is 120 cm³/mol. The number of nitrogens with zero attached hydrogens (tertiary/aromatic N) is 1. The van der Waals surface area contributed by atoms with Crippen LogP contribution in [-0.4, -0.2) is 19.1 Å². The average Bonchev–Trinajstić information content (AvgIpc) is 3.39. The summed E-state index contributed by atoms with van der Waals surface area (Å²) in [5, 5.41) is 3.66. The Balaban J connectivity index is 1.20. The van der Waals surface area contributed by atoms with Crippen LogP contribution in [0.4, 0.5) is 5.69 Å². The minimum Gasteiger partial charge on any atom is -0.465 e. The molecule has 0 saturated carbocycles. The molecule has 0 amide bonds. The number of furan rings is 1. The van der Waals surface area contributed by atoms with Crippen LogP contribution in [-0.2, 0) is 13.0 Å². The molecule has 0 bridgehead atoms. The van der Waals surface area contributed by atoms with Crippen molar-refractivity contribution in [2.75, 3.05) is 18.0 Å². The van der Waals surface area contributed by atoms with Crippen molar-refractivity contribution in [2.45, 2.75) is 38.8 Å². The van der Waals surface area contributed by atoms with E-state index in [1.165, 1.54) is 28.0 Å². The van der Waals surface area contributed by atoms with Crippen LogP contribution in [0.3, 0.4) is 0 Å². The van der Waals surface area contributed by atoms with Gasteiger partial charge in [0.2, 0.25) is 0 Å². The largest absolute Gasteiger partial charge is 0.465 e. The Kier molecular flexibility index (Phi) is 4.99. The number of hydrogen-bond donors (Lipinski definition) is 1. The molecule has 148 valence electrons. The first-order valence-corrected chi connectivity index (χ1v) is 10.7. The van der Waals surface area contributed by atoms with Crippen LogP contribution >= 0.6 is 0 Å². The van der Waals surface area contributed by atoms with E-state index in [1.807, 2.05) is 13.0 Å². The van der Waals surface area contributed by atoms with Crippen molar-refractivity contribution in [1.29, 1.82) is 0 Å². The van der Waals surface area contributed by atoms with E-state index in [2.05, 4.69) is 70.9 Å². The first kappa shape index (κ1) is 18.3. The monoisotopic (exact) mass is 384 g/mol. The van der Waals surface area contributed by atoms with Crippen molar-refractivity contribution in [3.8, 4) is 0 Å². The molecule has 1 aliphatic carbocycles. The number of fused-ring (bicyclic) bond motifs is 1. The fourth-order valence-corrected chi connectivity index (χ4v) is 4.53. The molecule has 3 heteroatoms. The second-order valence-corrected chi connectivity index (χ2v) is 8.25. The third-order valence-corrected chi connectivity index (χ3v) is 6.20. The van der Waals surface area contributed by atoms with Gasteiger partial charge < -0.3 is 14.6 Å². The molecule has 3 aromatic rings. The molecule has 1 fully saturated rings. The van der Waals surface area contributed by atoms with Crippen LogP contribution < -0.4 is 10.2 Å². The van der Waals surface area contributed by atoms with E-state index in [-0.39, 0.29) is 0 Å². The number of anilines is 1. The lowest BCUT2D eigenvalue weighted by atomic mass is 10.0. The van der Waals surface area contributed by atoms with Gasteiger partial charge in [0.25, 0.3) is 0 Å². The zero-order valence-electron chi connectivity index (χ0n) is 17.0. The summed E-state index contributed by atoms with van der Waals surface area (Å²) >= 11 is 0. The van der Waals surface area contributed by atoms with Crippen molar-refractivity contribution in [1.82, 2.24) is 5.32 Å². The Morgan fingerprint density at radius 3 is 2.66 bits per heavy atom. The van der Waals surface area contributed by atoms with E-state index < -0.39 is 0 Å². The topological polar surface area (TPSA) is 28.4 Å². The third-order valence-electron chi connectivity index (χ3n) is 6.20. The van der Waals surface area contributed by atoms with Gasteiger partial charge in [0, 0.05) is 24.8 Å². The number of benzene rings is 2. The quantitative estimate of drug-likeness (QED) is 0.635. The Morgan fingerprint density at radius 1 is 1.00 bits per heavy atom. The van der Waals surface area contributed by atoms with E-state index in [1.54, 1.807) is 0 Å². The molecule has 1 N–H and O–H groups in total. The zero-order chi connectivity index (χ0) is 19.6. The highest BCUT2D eigenvalue weighted by Gasteiger charge is 2.20. The summed E-state index contributed by atoms with van der Waals surface area (Å²) in [6, 6.07) is 22.5. The molecule has 2 aliphatic rings. The van der Waals surface area contributed by atoms with Gasteiger partial charge in [-0.15, -0.1) is 0 Å². The fraction of sp³-hybridized carbons (Fsp3) is 0.308. The van der Waals surface area contributed by atoms with Gasteiger partial charge in [-0.2, -0.15) is 0 Å². The lowest BCUT2D eigenvalue weighted by molar-refractivity contribution is 0.384. The summed E-state index contributed by atoms with van der Waals surface area (Å²) in [7, 11) is 0. The molecule has 2 heterocycles. The van der Waals surface area contributed by atoms with Crippen LogP contribution in [0, 0.1) is 6.92 Å². The molecule has 1 aromatic heterocycles. The molecule has 0 radical (unpaired) electrons. The number of nitrogens with one attached hydrogen (secondary N) is 1. The summed E-state index contributed by atoms with van der Waals surface area (Å²) in [5.74, 6) is 2.01. The summed E-state index contributed by atoms with van der Waals surface area (Å²) in [6.07, 6.45) is 5.72. The number of hydrogen-bond acceptors (Lipinski definition) is 3. The lowest BCUT2D eigenvalue weighted by Gasteiger charge is -2.34. The fourth-order valence-electron chi connectivity index (χ4n) is 4.53. The molecular formula is C26H28N2O.